The minimum atomic E-state index is 0.289. The summed E-state index contributed by atoms with van der Waals surface area (Å²) in [6.45, 7) is 2.17. The molecule has 0 aromatic heterocycles. The summed E-state index contributed by atoms with van der Waals surface area (Å²) in [6, 6.07) is 16.9. The van der Waals surface area contributed by atoms with Gasteiger partial charge >= 0.3 is 0 Å². The highest BCUT2D eigenvalue weighted by molar-refractivity contribution is 5.35. The van der Waals surface area contributed by atoms with Gasteiger partial charge in [-0.25, -0.2) is 0 Å². The molecule has 2 heteroatoms. The fraction of sp³-hybridized carbons (Fsp3) is 0.294. The van der Waals surface area contributed by atoms with E-state index in [2.05, 4.69) is 36.5 Å². The first kappa shape index (κ1) is 12.2. The predicted molar refractivity (Wildman–Crippen MR) is 77.2 cm³/mol. The Morgan fingerprint density at radius 3 is 2.63 bits per heavy atom. The van der Waals surface area contributed by atoms with Crippen molar-refractivity contribution < 1.29 is 5.11 Å². The lowest BCUT2D eigenvalue weighted by molar-refractivity contribution is 0.461. The zero-order chi connectivity index (χ0) is 13.2. The summed E-state index contributed by atoms with van der Waals surface area (Å²) in [7, 11) is 0. The van der Waals surface area contributed by atoms with Crippen LogP contribution < -0.4 is 5.32 Å². The van der Waals surface area contributed by atoms with Gasteiger partial charge in [0.05, 0.1) is 0 Å². The third-order valence-electron chi connectivity index (χ3n) is 3.98. The molecule has 2 nitrogen and oxygen atoms in total. The topological polar surface area (TPSA) is 32.3 Å². The number of benzene rings is 2. The van der Waals surface area contributed by atoms with Gasteiger partial charge in [-0.1, -0.05) is 36.4 Å². The Kier molecular flexibility index (Phi) is 3.26. The maximum Gasteiger partial charge on any atom is 0.115 e. The first-order valence-electron chi connectivity index (χ1n) is 6.87. The molecule has 2 aromatic carbocycles. The van der Waals surface area contributed by atoms with Gasteiger partial charge in [0.2, 0.25) is 0 Å². The lowest BCUT2D eigenvalue weighted by Gasteiger charge is -2.20. The summed E-state index contributed by atoms with van der Waals surface area (Å²) in [5, 5.41) is 13.0. The molecule has 2 unspecified atom stereocenters. The molecule has 0 radical (unpaired) electrons. The summed E-state index contributed by atoms with van der Waals surface area (Å²) in [6.07, 6.45) is 2.33. The molecule has 2 aromatic rings. The summed E-state index contributed by atoms with van der Waals surface area (Å²) < 4.78 is 0. The summed E-state index contributed by atoms with van der Waals surface area (Å²) in [5.74, 6) is 0.321. The Hall–Kier alpha value is -1.80. The molecular formula is C17H19NO. The van der Waals surface area contributed by atoms with Crippen LogP contribution in [0.4, 0.5) is 0 Å². The van der Waals surface area contributed by atoms with Gasteiger partial charge in [-0.05, 0) is 48.6 Å². The van der Waals surface area contributed by atoms with Crippen LogP contribution in [0, 0.1) is 0 Å². The highest BCUT2D eigenvalue weighted by atomic mass is 16.3. The molecule has 1 aliphatic carbocycles. The minimum absolute atomic E-state index is 0.289. The number of phenols is 1. The molecule has 0 aliphatic heterocycles. The number of hydrogen-bond acceptors (Lipinski definition) is 2. The second-order valence-corrected chi connectivity index (χ2v) is 5.27. The summed E-state index contributed by atoms with van der Waals surface area (Å²) in [4.78, 5) is 0. The molecule has 0 saturated carbocycles. The van der Waals surface area contributed by atoms with E-state index in [0.29, 0.717) is 11.8 Å². The standard InChI is InChI=1S/C17H19NO/c1-12(13-6-9-15(19)10-7-13)18-17-11-8-14-4-2-3-5-16(14)17/h2-7,9-10,12,17-19H,8,11H2,1H3. The number of hydrogen-bond donors (Lipinski definition) is 2. The number of aryl methyl sites for hydroxylation is 1. The summed E-state index contributed by atoms with van der Waals surface area (Å²) in [5.41, 5.74) is 4.12. The third kappa shape index (κ3) is 2.49. The van der Waals surface area contributed by atoms with Crippen molar-refractivity contribution in [2.45, 2.75) is 31.8 Å². The van der Waals surface area contributed by atoms with Crippen molar-refractivity contribution in [3.8, 4) is 5.75 Å². The molecule has 0 heterocycles. The van der Waals surface area contributed by atoms with Crippen LogP contribution in [-0.4, -0.2) is 5.11 Å². The van der Waals surface area contributed by atoms with E-state index in [9.17, 15) is 5.11 Å². The van der Waals surface area contributed by atoms with Crippen LogP contribution in [0.3, 0.4) is 0 Å². The van der Waals surface area contributed by atoms with Gasteiger partial charge in [-0.3, -0.25) is 0 Å². The Labute approximate surface area is 114 Å². The van der Waals surface area contributed by atoms with Crippen molar-refractivity contribution in [3.63, 3.8) is 0 Å². The first-order valence-corrected chi connectivity index (χ1v) is 6.87. The van der Waals surface area contributed by atoms with Crippen molar-refractivity contribution in [1.82, 2.24) is 5.32 Å². The minimum Gasteiger partial charge on any atom is -0.508 e. The van der Waals surface area contributed by atoms with E-state index in [4.69, 9.17) is 0 Å². The molecule has 3 rings (SSSR count). The molecule has 0 spiro atoms. The van der Waals surface area contributed by atoms with Crippen LogP contribution in [0.5, 0.6) is 5.75 Å². The van der Waals surface area contributed by atoms with Gasteiger partial charge in [0.15, 0.2) is 0 Å². The average Bonchev–Trinajstić information content (AvgIpc) is 2.83. The molecule has 1 aliphatic rings. The van der Waals surface area contributed by atoms with Crippen LogP contribution >= 0.6 is 0 Å². The van der Waals surface area contributed by atoms with E-state index in [0.717, 1.165) is 6.42 Å². The van der Waals surface area contributed by atoms with Crippen LogP contribution in [0.25, 0.3) is 0 Å². The second-order valence-electron chi connectivity index (χ2n) is 5.27. The number of aromatic hydroxyl groups is 1. The van der Waals surface area contributed by atoms with Gasteiger partial charge in [-0.2, -0.15) is 0 Å². The Morgan fingerprint density at radius 1 is 1.11 bits per heavy atom. The van der Waals surface area contributed by atoms with Crippen LogP contribution in [-0.2, 0) is 6.42 Å². The largest absolute Gasteiger partial charge is 0.508 e. The van der Waals surface area contributed by atoms with Crippen molar-refractivity contribution in [2.24, 2.45) is 0 Å². The number of phenolic OH excluding ortho intramolecular Hbond substituents is 1. The highest BCUT2D eigenvalue weighted by Gasteiger charge is 2.23. The summed E-state index contributed by atoms with van der Waals surface area (Å²) >= 11 is 0. The Bertz CT molecular complexity index is 562. The molecule has 19 heavy (non-hydrogen) atoms. The second kappa shape index (κ2) is 5.06. The van der Waals surface area contributed by atoms with E-state index in [1.807, 2.05) is 12.1 Å². The Balaban J connectivity index is 1.74. The Morgan fingerprint density at radius 2 is 1.84 bits per heavy atom. The number of rotatable bonds is 3. The van der Waals surface area contributed by atoms with E-state index in [-0.39, 0.29) is 6.04 Å². The smallest absolute Gasteiger partial charge is 0.115 e. The van der Waals surface area contributed by atoms with Crippen molar-refractivity contribution >= 4 is 0 Å². The predicted octanol–water partition coefficient (Wildman–Crippen LogP) is 3.73. The molecule has 0 saturated heterocycles. The maximum atomic E-state index is 9.33. The van der Waals surface area contributed by atoms with Gasteiger partial charge in [0.25, 0.3) is 0 Å². The number of nitrogens with one attached hydrogen (secondary N) is 1. The molecule has 0 fully saturated rings. The normalized spacial score (nSPS) is 19.1. The maximum absolute atomic E-state index is 9.33. The van der Waals surface area contributed by atoms with Crippen molar-refractivity contribution in [1.29, 1.82) is 0 Å². The van der Waals surface area contributed by atoms with Crippen molar-refractivity contribution in [2.75, 3.05) is 0 Å². The molecule has 0 bridgehead atoms. The third-order valence-corrected chi connectivity index (χ3v) is 3.98. The van der Waals surface area contributed by atoms with Gasteiger partial charge in [0.1, 0.15) is 5.75 Å². The lowest BCUT2D eigenvalue weighted by atomic mass is 10.0. The van der Waals surface area contributed by atoms with E-state index >= 15 is 0 Å². The zero-order valence-electron chi connectivity index (χ0n) is 11.1. The first-order chi connectivity index (χ1) is 9.24. The van der Waals surface area contributed by atoms with Crippen molar-refractivity contribution in [3.05, 3.63) is 65.2 Å². The van der Waals surface area contributed by atoms with Crippen LogP contribution in [0.15, 0.2) is 48.5 Å². The SMILES string of the molecule is CC(NC1CCc2ccccc21)c1ccc(O)cc1. The fourth-order valence-corrected chi connectivity index (χ4v) is 2.89. The molecule has 0 amide bonds. The fourth-order valence-electron chi connectivity index (χ4n) is 2.89. The number of fused-ring (bicyclic) bond motifs is 1. The molecule has 2 N–H and O–H groups in total. The van der Waals surface area contributed by atoms with Gasteiger partial charge in [0, 0.05) is 12.1 Å². The molecule has 2 atom stereocenters. The van der Waals surface area contributed by atoms with Crippen LogP contribution in [0.1, 0.15) is 42.1 Å². The van der Waals surface area contributed by atoms with E-state index in [1.54, 1.807) is 12.1 Å². The lowest BCUT2D eigenvalue weighted by Crippen LogP contribution is -2.22. The van der Waals surface area contributed by atoms with E-state index < -0.39 is 0 Å². The van der Waals surface area contributed by atoms with Crippen LogP contribution in [0.2, 0.25) is 0 Å². The van der Waals surface area contributed by atoms with E-state index in [1.165, 1.54) is 23.1 Å². The van der Waals surface area contributed by atoms with Gasteiger partial charge < -0.3 is 10.4 Å². The monoisotopic (exact) mass is 253 g/mol. The highest BCUT2D eigenvalue weighted by Crippen LogP contribution is 2.32. The quantitative estimate of drug-likeness (QED) is 0.873. The van der Waals surface area contributed by atoms with Gasteiger partial charge in [-0.15, -0.1) is 0 Å². The molecule has 98 valence electrons. The molecular weight excluding hydrogens is 234 g/mol. The average molecular weight is 253 g/mol. The zero-order valence-corrected chi connectivity index (χ0v) is 11.1.